The van der Waals surface area contributed by atoms with E-state index in [1.165, 1.54) is 5.69 Å². The van der Waals surface area contributed by atoms with Crippen molar-refractivity contribution in [3.05, 3.63) is 35.5 Å². The van der Waals surface area contributed by atoms with Crippen LogP contribution in [-0.2, 0) is 6.42 Å². The summed E-state index contributed by atoms with van der Waals surface area (Å²) >= 11 is 1.64. The summed E-state index contributed by atoms with van der Waals surface area (Å²) in [7, 11) is 0. The first-order valence-electron chi connectivity index (χ1n) is 7.32. The van der Waals surface area contributed by atoms with Crippen LogP contribution < -0.4 is 15.2 Å². The molecule has 2 N–H and O–H groups in total. The second-order valence-electron chi connectivity index (χ2n) is 5.55. The molecule has 1 aliphatic heterocycles. The zero-order valence-corrected chi connectivity index (χ0v) is 13.1. The van der Waals surface area contributed by atoms with Crippen LogP contribution in [0.25, 0.3) is 16.2 Å². The number of imidazole rings is 1. The molecule has 22 heavy (non-hydrogen) atoms. The quantitative estimate of drug-likeness (QED) is 0.807. The average molecular weight is 315 g/mol. The van der Waals surface area contributed by atoms with Gasteiger partial charge in [0.1, 0.15) is 13.2 Å². The lowest BCUT2D eigenvalue weighted by molar-refractivity contribution is 0.171. The molecule has 0 radical (unpaired) electrons. The zero-order valence-electron chi connectivity index (χ0n) is 12.3. The van der Waals surface area contributed by atoms with Crippen molar-refractivity contribution in [2.24, 2.45) is 5.73 Å². The normalized spacial score (nSPS) is 15.2. The molecule has 0 saturated carbocycles. The van der Waals surface area contributed by atoms with Crippen molar-refractivity contribution in [1.29, 1.82) is 0 Å². The van der Waals surface area contributed by atoms with Crippen LogP contribution in [0.2, 0.25) is 0 Å². The predicted octanol–water partition coefficient (Wildman–Crippen LogP) is 2.72. The number of nitrogens with zero attached hydrogens (tertiary/aromatic N) is 2. The van der Waals surface area contributed by atoms with Crippen molar-refractivity contribution in [1.82, 2.24) is 9.38 Å². The van der Waals surface area contributed by atoms with Gasteiger partial charge in [-0.1, -0.05) is 0 Å². The first kappa shape index (κ1) is 13.6. The molecule has 0 fully saturated rings. The van der Waals surface area contributed by atoms with E-state index in [0.717, 1.165) is 34.1 Å². The predicted molar refractivity (Wildman–Crippen MR) is 86.8 cm³/mol. The molecular formula is C16H17N3O2S. The number of ether oxygens (including phenoxy) is 2. The van der Waals surface area contributed by atoms with Crippen molar-refractivity contribution in [2.45, 2.75) is 19.4 Å². The minimum Gasteiger partial charge on any atom is -0.486 e. The highest BCUT2D eigenvalue weighted by molar-refractivity contribution is 7.15. The van der Waals surface area contributed by atoms with Gasteiger partial charge < -0.3 is 15.2 Å². The number of hydrogen-bond donors (Lipinski definition) is 1. The van der Waals surface area contributed by atoms with Crippen LogP contribution in [0.15, 0.2) is 29.8 Å². The number of aromatic nitrogens is 2. The minimum absolute atomic E-state index is 0.137. The molecular weight excluding hydrogens is 298 g/mol. The van der Waals surface area contributed by atoms with Crippen molar-refractivity contribution in [3.63, 3.8) is 0 Å². The van der Waals surface area contributed by atoms with Gasteiger partial charge in [-0.05, 0) is 25.1 Å². The van der Waals surface area contributed by atoms with Gasteiger partial charge in [0.2, 0.25) is 0 Å². The average Bonchev–Trinajstić information content (AvgIpc) is 3.08. The second kappa shape index (κ2) is 5.30. The number of rotatable bonds is 3. The summed E-state index contributed by atoms with van der Waals surface area (Å²) in [4.78, 5) is 5.69. The van der Waals surface area contributed by atoms with E-state index in [1.54, 1.807) is 11.3 Å². The second-order valence-corrected chi connectivity index (χ2v) is 6.38. The topological polar surface area (TPSA) is 61.8 Å². The van der Waals surface area contributed by atoms with E-state index in [-0.39, 0.29) is 6.04 Å². The van der Waals surface area contributed by atoms with E-state index in [0.29, 0.717) is 13.2 Å². The number of thiazole rings is 1. The largest absolute Gasteiger partial charge is 0.486 e. The molecule has 0 spiro atoms. The molecule has 114 valence electrons. The molecule has 1 unspecified atom stereocenters. The number of fused-ring (bicyclic) bond motifs is 2. The molecule has 0 saturated heterocycles. The Morgan fingerprint density at radius 3 is 2.95 bits per heavy atom. The molecule has 6 heteroatoms. The van der Waals surface area contributed by atoms with Gasteiger partial charge in [0.05, 0.1) is 5.69 Å². The van der Waals surface area contributed by atoms with Gasteiger partial charge in [0.25, 0.3) is 0 Å². The minimum atomic E-state index is 0.137. The maximum atomic E-state index is 5.91. The van der Waals surface area contributed by atoms with Gasteiger partial charge in [-0.2, -0.15) is 0 Å². The Morgan fingerprint density at radius 1 is 1.32 bits per heavy atom. The summed E-state index contributed by atoms with van der Waals surface area (Å²) < 4.78 is 13.3. The molecule has 0 amide bonds. The summed E-state index contributed by atoms with van der Waals surface area (Å²) in [6, 6.07) is 6.09. The third kappa shape index (κ3) is 2.34. The maximum absolute atomic E-state index is 5.91. The van der Waals surface area contributed by atoms with Crippen molar-refractivity contribution < 1.29 is 9.47 Å². The summed E-state index contributed by atoms with van der Waals surface area (Å²) in [6.45, 7) is 3.21. The molecule has 5 nitrogen and oxygen atoms in total. The van der Waals surface area contributed by atoms with Crippen LogP contribution in [0.4, 0.5) is 0 Å². The smallest absolute Gasteiger partial charge is 0.194 e. The van der Waals surface area contributed by atoms with Crippen LogP contribution in [0.5, 0.6) is 11.5 Å². The molecule has 0 bridgehead atoms. The van der Waals surface area contributed by atoms with Gasteiger partial charge in [-0.3, -0.25) is 4.40 Å². The van der Waals surface area contributed by atoms with E-state index in [2.05, 4.69) is 16.0 Å². The van der Waals surface area contributed by atoms with E-state index in [1.807, 2.05) is 25.1 Å². The Morgan fingerprint density at radius 2 is 2.14 bits per heavy atom. The highest BCUT2D eigenvalue weighted by Crippen LogP contribution is 2.34. The molecule has 3 heterocycles. The van der Waals surface area contributed by atoms with E-state index in [9.17, 15) is 0 Å². The summed E-state index contributed by atoms with van der Waals surface area (Å²) in [5.74, 6) is 1.59. The molecule has 2 aromatic heterocycles. The van der Waals surface area contributed by atoms with Crippen LogP contribution in [0.1, 0.15) is 12.6 Å². The van der Waals surface area contributed by atoms with Gasteiger partial charge in [0, 0.05) is 35.3 Å². The van der Waals surface area contributed by atoms with Crippen molar-refractivity contribution in [3.8, 4) is 22.8 Å². The Balaban J connectivity index is 1.73. The SMILES string of the molecule is CC(N)Cc1csc2nc(-c3ccc4c(c3)OCCO4)cn12. The zero-order chi connectivity index (χ0) is 15.1. The standard InChI is InChI=1S/C16H17N3O2S/c1-10(17)6-12-9-22-16-18-13(8-19(12)16)11-2-3-14-15(7-11)21-5-4-20-14/h2-3,7-10H,4-6,17H2,1H3. The number of hydrogen-bond acceptors (Lipinski definition) is 5. The fraction of sp³-hybridized carbons (Fsp3) is 0.312. The lowest BCUT2D eigenvalue weighted by Gasteiger charge is -2.18. The summed E-state index contributed by atoms with van der Waals surface area (Å²) in [6.07, 6.45) is 2.91. The van der Waals surface area contributed by atoms with Gasteiger partial charge >= 0.3 is 0 Å². The third-order valence-corrected chi connectivity index (χ3v) is 4.54. The van der Waals surface area contributed by atoms with Gasteiger partial charge in [-0.25, -0.2) is 4.98 Å². The van der Waals surface area contributed by atoms with Crippen molar-refractivity contribution >= 4 is 16.3 Å². The monoisotopic (exact) mass is 315 g/mol. The first-order chi connectivity index (χ1) is 10.7. The van der Waals surface area contributed by atoms with Crippen LogP contribution in [0, 0.1) is 0 Å². The third-order valence-electron chi connectivity index (χ3n) is 3.65. The van der Waals surface area contributed by atoms with Gasteiger partial charge in [-0.15, -0.1) is 11.3 Å². The first-order valence-corrected chi connectivity index (χ1v) is 8.20. The Kier molecular flexibility index (Phi) is 3.28. The van der Waals surface area contributed by atoms with E-state index < -0.39 is 0 Å². The number of benzene rings is 1. The van der Waals surface area contributed by atoms with Crippen LogP contribution in [-0.4, -0.2) is 28.6 Å². The van der Waals surface area contributed by atoms with Gasteiger partial charge in [0.15, 0.2) is 16.5 Å². The van der Waals surface area contributed by atoms with Crippen LogP contribution in [0.3, 0.4) is 0 Å². The highest BCUT2D eigenvalue weighted by atomic mass is 32.1. The molecule has 1 aliphatic rings. The molecule has 1 atom stereocenters. The maximum Gasteiger partial charge on any atom is 0.194 e. The van der Waals surface area contributed by atoms with Crippen LogP contribution >= 0.6 is 11.3 Å². The Hall–Kier alpha value is -2.05. The summed E-state index contributed by atoms with van der Waals surface area (Å²) in [5.41, 5.74) is 9.08. The highest BCUT2D eigenvalue weighted by Gasteiger charge is 2.15. The molecule has 1 aromatic carbocycles. The lowest BCUT2D eigenvalue weighted by atomic mass is 10.1. The number of nitrogens with two attached hydrogens (primary N) is 1. The Bertz CT molecular complexity index is 822. The van der Waals surface area contributed by atoms with Crippen molar-refractivity contribution in [2.75, 3.05) is 13.2 Å². The van der Waals surface area contributed by atoms with E-state index >= 15 is 0 Å². The lowest BCUT2D eigenvalue weighted by Crippen LogP contribution is -2.18. The molecule has 0 aliphatic carbocycles. The fourth-order valence-corrected chi connectivity index (χ4v) is 3.53. The summed E-state index contributed by atoms with van der Waals surface area (Å²) in [5, 5.41) is 2.12. The molecule has 4 rings (SSSR count). The fourth-order valence-electron chi connectivity index (χ4n) is 2.65. The molecule has 3 aromatic rings. The Labute approximate surface area is 132 Å². The van der Waals surface area contributed by atoms with E-state index in [4.69, 9.17) is 20.2 Å².